The Kier molecular flexibility index (Phi) is 4.42. The molecule has 0 spiro atoms. The molecule has 3 aromatic rings. The van der Waals surface area contributed by atoms with Crippen molar-refractivity contribution >= 4 is 22.2 Å². The third kappa shape index (κ3) is 3.04. The average Bonchev–Trinajstić information content (AvgIpc) is 3.11. The van der Waals surface area contributed by atoms with Crippen LogP contribution >= 0.6 is 11.3 Å². The summed E-state index contributed by atoms with van der Waals surface area (Å²) in [5.41, 5.74) is 2.72. The van der Waals surface area contributed by atoms with Gasteiger partial charge in [0.25, 0.3) is 0 Å². The summed E-state index contributed by atoms with van der Waals surface area (Å²) in [5.74, 6) is 0. The van der Waals surface area contributed by atoms with Crippen molar-refractivity contribution < 1.29 is 0 Å². The van der Waals surface area contributed by atoms with E-state index in [-0.39, 0.29) is 0 Å². The van der Waals surface area contributed by atoms with Gasteiger partial charge in [0.15, 0.2) is 0 Å². The summed E-state index contributed by atoms with van der Waals surface area (Å²) < 4.78 is 2.38. The van der Waals surface area contributed by atoms with Gasteiger partial charge in [0.1, 0.15) is 0 Å². The fourth-order valence-electron chi connectivity index (χ4n) is 2.72. The van der Waals surface area contributed by atoms with Gasteiger partial charge in [-0.25, -0.2) is 0 Å². The van der Waals surface area contributed by atoms with Crippen molar-refractivity contribution in [1.29, 1.82) is 0 Å². The van der Waals surface area contributed by atoms with Crippen molar-refractivity contribution in [3.05, 3.63) is 57.9 Å². The van der Waals surface area contributed by atoms with Crippen molar-refractivity contribution in [2.24, 2.45) is 0 Å². The normalized spacial score (nSPS) is 11.3. The van der Waals surface area contributed by atoms with Crippen LogP contribution < -0.4 is 5.32 Å². The maximum absolute atomic E-state index is 3.44. The molecule has 0 aliphatic heterocycles. The third-order valence-corrected chi connectivity index (χ3v) is 5.04. The van der Waals surface area contributed by atoms with Crippen LogP contribution in [0.1, 0.15) is 29.2 Å². The molecule has 3 heteroatoms. The minimum atomic E-state index is 0.939. The standard InChI is InChI=1S/C18H22N2S/c1-3-15-9-10-16(21-15)13-20-12-14(11-19-4-2)17-7-5-6-8-18(17)20/h5-10,12,19H,3-4,11,13H2,1-2H3. The summed E-state index contributed by atoms with van der Waals surface area (Å²) in [6, 6.07) is 13.2. The lowest BCUT2D eigenvalue weighted by atomic mass is 10.2. The van der Waals surface area contributed by atoms with E-state index in [2.05, 4.69) is 66.3 Å². The number of hydrogen-bond donors (Lipinski definition) is 1. The van der Waals surface area contributed by atoms with E-state index < -0.39 is 0 Å². The highest BCUT2D eigenvalue weighted by molar-refractivity contribution is 7.11. The Labute approximate surface area is 130 Å². The van der Waals surface area contributed by atoms with Gasteiger partial charge in [0.05, 0.1) is 6.54 Å². The second kappa shape index (κ2) is 6.46. The van der Waals surface area contributed by atoms with Gasteiger partial charge < -0.3 is 9.88 Å². The van der Waals surface area contributed by atoms with Gasteiger partial charge >= 0.3 is 0 Å². The Balaban J connectivity index is 1.93. The van der Waals surface area contributed by atoms with Crippen LogP contribution in [0.5, 0.6) is 0 Å². The molecule has 2 nitrogen and oxygen atoms in total. The molecule has 0 saturated carbocycles. The van der Waals surface area contributed by atoms with Gasteiger partial charge in [-0.1, -0.05) is 32.0 Å². The zero-order valence-corrected chi connectivity index (χ0v) is 13.5. The highest BCUT2D eigenvalue weighted by Crippen LogP contribution is 2.24. The molecule has 1 N–H and O–H groups in total. The van der Waals surface area contributed by atoms with E-state index in [9.17, 15) is 0 Å². The second-order valence-corrected chi connectivity index (χ2v) is 6.55. The first-order chi connectivity index (χ1) is 10.3. The molecule has 2 aromatic heterocycles. The number of fused-ring (bicyclic) bond motifs is 1. The zero-order valence-electron chi connectivity index (χ0n) is 12.7. The molecule has 0 fully saturated rings. The fourth-order valence-corrected chi connectivity index (χ4v) is 3.68. The molecule has 0 amide bonds. The van der Waals surface area contributed by atoms with Crippen LogP contribution in [0.3, 0.4) is 0 Å². The molecular weight excluding hydrogens is 276 g/mol. The summed E-state index contributed by atoms with van der Waals surface area (Å²) in [6.45, 7) is 7.28. The Hall–Kier alpha value is -1.58. The van der Waals surface area contributed by atoms with Gasteiger partial charge in [-0.15, -0.1) is 11.3 Å². The van der Waals surface area contributed by atoms with Gasteiger partial charge in [-0.2, -0.15) is 0 Å². The summed E-state index contributed by atoms with van der Waals surface area (Å²) >= 11 is 1.93. The molecule has 3 rings (SSSR count). The predicted octanol–water partition coefficient (Wildman–Crippen LogP) is 4.42. The molecule has 0 aliphatic carbocycles. The van der Waals surface area contributed by atoms with E-state index in [1.54, 1.807) is 0 Å². The van der Waals surface area contributed by atoms with E-state index in [0.717, 1.165) is 26.1 Å². The van der Waals surface area contributed by atoms with Crippen molar-refractivity contribution in [2.75, 3.05) is 6.54 Å². The van der Waals surface area contributed by atoms with Crippen LogP contribution in [0.25, 0.3) is 10.9 Å². The summed E-state index contributed by atoms with van der Waals surface area (Å²) in [7, 11) is 0. The van der Waals surface area contributed by atoms with E-state index in [1.165, 1.54) is 26.2 Å². The lowest BCUT2D eigenvalue weighted by molar-refractivity contribution is 0.725. The van der Waals surface area contributed by atoms with Gasteiger partial charge in [-0.05, 0) is 36.7 Å². The van der Waals surface area contributed by atoms with E-state index in [4.69, 9.17) is 0 Å². The van der Waals surface area contributed by atoms with Crippen LogP contribution in [-0.2, 0) is 19.5 Å². The van der Waals surface area contributed by atoms with E-state index in [0.29, 0.717) is 0 Å². The monoisotopic (exact) mass is 298 g/mol. The van der Waals surface area contributed by atoms with Crippen molar-refractivity contribution in [3.8, 4) is 0 Å². The number of aromatic nitrogens is 1. The molecule has 0 aliphatic rings. The van der Waals surface area contributed by atoms with Crippen LogP contribution in [-0.4, -0.2) is 11.1 Å². The minimum Gasteiger partial charge on any atom is -0.342 e. The van der Waals surface area contributed by atoms with Crippen LogP contribution in [0.2, 0.25) is 0 Å². The average molecular weight is 298 g/mol. The number of para-hydroxylation sites is 1. The Morgan fingerprint density at radius 1 is 1.05 bits per heavy atom. The molecule has 0 saturated heterocycles. The van der Waals surface area contributed by atoms with Crippen LogP contribution in [0.15, 0.2) is 42.6 Å². The molecule has 0 bridgehead atoms. The number of aryl methyl sites for hydroxylation is 1. The summed E-state index contributed by atoms with van der Waals surface area (Å²) in [5, 5.41) is 4.80. The minimum absolute atomic E-state index is 0.939. The van der Waals surface area contributed by atoms with Gasteiger partial charge in [0.2, 0.25) is 0 Å². The number of hydrogen-bond acceptors (Lipinski definition) is 2. The summed E-state index contributed by atoms with van der Waals surface area (Å²) in [6.07, 6.45) is 3.43. The molecule has 1 aromatic carbocycles. The smallest absolute Gasteiger partial charge is 0.0569 e. The Morgan fingerprint density at radius 3 is 2.62 bits per heavy atom. The molecule has 21 heavy (non-hydrogen) atoms. The Bertz CT molecular complexity index is 724. The third-order valence-electron chi connectivity index (χ3n) is 3.83. The Morgan fingerprint density at radius 2 is 1.86 bits per heavy atom. The highest BCUT2D eigenvalue weighted by Gasteiger charge is 2.09. The summed E-state index contributed by atoms with van der Waals surface area (Å²) in [4.78, 5) is 2.90. The lowest BCUT2D eigenvalue weighted by Gasteiger charge is -2.02. The van der Waals surface area contributed by atoms with Crippen molar-refractivity contribution in [2.45, 2.75) is 33.4 Å². The van der Waals surface area contributed by atoms with E-state index >= 15 is 0 Å². The maximum Gasteiger partial charge on any atom is 0.0569 e. The quantitative estimate of drug-likeness (QED) is 0.712. The first-order valence-corrected chi connectivity index (χ1v) is 8.48. The maximum atomic E-state index is 3.44. The highest BCUT2D eigenvalue weighted by atomic mass is 32.1. The van der Waals surface area contributed by atoms with Gasteiger partial charge in [0, 0.05) is 33.4 Å². The lowest BCUT2D eigenvalue weighted by Crippen LogP contribution is -2.11. The SMILES string of the molecule is CCNCc1cn(Cc2ccc(CC)s2)c2ccccc12. The number of benzene rings is 1. The topological polar surface area (TPSA) is 17.0 Å². The molecule has 0 radical (unpaired) electrons. The van der Waals surface area contributed by atoms with Crippen molar-refractivity contribution in [3.63, 3.8) is 0 Å². The zero-order chi connectivity index (χ0) is 14.7. The largest absolute Gasteiger partial charge is 0.342 e. The van der Waals surface area contributed by atoms with Crippen LogP contribution in [0, 0.1) is 0 Å². The molecule has 0 atom stereocenters. The van der Waals surface area contributed by atoms with Gasteiger partial charge in [-0.3, -0.25) is 0 Å². The molecule has 0 unspecified atom stereocenters. The molecular formula is C18H22N2S. The first kappa shape index (κ1) is 14.4. The number of nitrogens with one attached hydrogen (secondary N) is 1. The number of nitrogens with zero attached hydrogens (tertiary/aromatic N) is 1. The van der Waals surface area contributed by atoms with Crippen molar-refractivity contribution in [1.82, 2.24) is 9.88 Å². The predicted molar refractivity (Wildman–Crippen MR) is 92.1 cm³/mol. The number of thiophene rings is 1. The van der Waals surface area contributed by atoms with E-state index in [1.807, 2.05) is 11.3 Å². The second-order valence-electron chi connectivity index (χ2n) is 5.30. The molecule has 2 heterocycles. The fraction of sp³-hybridized carbons (Fsp3) is 0.333. The molecule has 110 valence electrons. The first-order valence-electron chi connectivity index (χ1n) is 7.66. The number of rotatable bonds is 6. The van der Waals surface area contributed by atoms with Crippen LogP contribution in [0.4, 0.5) is 0 Å².